The smallest absolute Gasteiger partial charge is 0.281 e. The van der Waals surface area contributed by atoms with Crippen LogP contribution in [0.2, 0.25) is 5.02 Å². The van der Waals surface area contributed by atoms with E-state index in [0.717, 1.165) is 0 Å². The molecule has 0 radical (unpaired) electrons. The van der Waals surface area contributed by atoms with Gasteiger partial charge in [-0.1, -0.05) is 18.5 Å². The van der Waals surface area contributed by atoms with Crippen molar-refractivity contribution in [2.24, 2.45) is 0 Å². The van der Waals surface area contributed by atoms with Crippen LogP contribution < -0.4 is 10.0 Å². The Bertz CT molecular complexity index is 815. The van der Waals surface area contributed by atoms with Gasteiger partial charge in [-0.2, -0.15) is 0 Å². The maximum absolute atomic E-state index is 12.4. The summed E-state index contributed by atoms with van der Waals surface area (Å²) in [5, 5.41) is 11.6. The second-order valence-electron chi connectivity index (χ2n) is 4.55. The summed E-state index contributed by atoms with van der Waals surface area (Å²) in [5.41, 5.74) is -0.285. The number of nitrogens with zero attached hydrogens (tertiary/aromatic N) is 1. The zero-order chi connectivity index (χ0) is 17.2. The van der Waals surface area contributed by atoms with Crippen molar-refractivity contribution in [2.75, 3.05) is 6.16 Å². The highest BCUT2D eigenvalue weighted by atomic mass is 79.9. The minimum atomic E-state index is -3.35. The summed E-state index contributed by atoms with van der Waals surface area (Å²) in [5.74, 6) is 0.762. The van der Waals surface area contributed by atoms with Crippen molar-refractivity contribution in [3.63, 3.8) is 0 Å². The van der Waals surface area contributed by atoms with Crippen LogP contribution >= 0.6 is 45.3 Å². The Balaban J connectivity index is 2.47. The molecule has 0 aromatic heterocycles. The van der Waals surface area contributed by atoms with Crippen molar-refractivity contribution in [1.29, 1.82) is 0 Å². The van der Waals surface area contributed by atoms with Crippen LogP contribution in [0.3, 0.4) is 0 Å². The molecule has 0 aliphatic carbocycles. The maximum Gasteiger partial charge on any atom is 0.281 e. The summed E-state index contributed by atoms with van der Waals surface area (Å²) in [6.07, 6.45) is 0.101. The second kappa shape index (κ2) is 7.22. The van der Waals surface area contributed by atoms with Crippen LogP contribution in [0.25, 0.3) is 0 Å². The molecule has 0 amide bonds. The Kier molecular flexibility index (Phi) is 5.74. The quantitative estimate of drug-likeness (QED) is 0.327. The van der Waals surface area contributed by atoms with Gasteiger partial charge >= 0.3 is 0 Å². The van der Waals surface area contributed by atoms with Crippen molar-refractivity contribution in [2.45, 2.75) is 6.92 Å². The van der Waals surface area contributed by atoms with Gasteiger partial charge in [0.2, 0.25) is 6.49 Å². The third-order valence-corrected chi connectivity index (χ3v) is 7.04. The Morgan fingerprint density at radius 1 is 1.30 bits per heavy atom. The van der Waals surface area contributed by atoms with Crippen LogP contribution in [0, 0.1) is 10.1 Å². The van der Waals surface area contributed by atoms with Crippen LogP contribution in [-0.4, -0.2) is 11.1 Å². The molecule has 1 unspecified atom stereocenters. The molecule has 9 heteroatoms. The summed E-state index contributed by atoms with van der Waals surface area (Å²) >= 11 is 15.2. The molecule has 0 spiro atoms. The summed E-state index contributed by atoms with van der Waals surface area (Å²) in [7, 11) is 0. The van der Waals surface area contributed by atoms with E-state index in [1.165, 1.54) is 18.2 Å². The zero-order valence-corrected chi connectivity index (χ0v) is 15.8. The van der Waals surface area contributed by atoms with Crippen LogP contribution in [0.4, 0.5) is 5.69 Å². The van der Waals surface area contributed by atoms with E-state index in [1.807, 2.05) is 0 Å². The molecule has 5 nitrogen and oxygen atoms in total. The standard InChI is InChI=1S/C14H11BrCl2NO4P/c1-2-23(17,21)14-8-10(4-5-12(14)18(19)20)22-13-6-3-9(16)7-11(13)15/h3-8H,2H2,1H3. The first-order valence-electron chi connectivity index (χ1n) is 6.45. The fourth-order valence-electron chi connectivity index (χ4n) is 1.84. The van der Waals surface area contributed by atoms with E-state index in [2.05, 4.69) is 15.9 Å². The van der Waals surface area contributed by atoms with E-state index in [1.54, 1.807) is 25.1 Å². The van der Waals surface area contributed by atoms with Crippen molar-refractivity contribution < 1.29 is 14.2 Å². The third-order valence-electron chi connectivity index (χ3n) is 3.03. The summed E-state index contributed by atoms with van der Waals surface area (Å²) in [4.78, 5) is 10.5. The van der Waals surface area contributed by atoms with Crippen molar-refractivity contribution in [3.8, 4) is 11.5 Å². The van der Waals surface area contributed by atoms with Crippen LogP contribution in [0.5, 0.6) is 11.5 Å². The minimum absolute atomic E-state index is 0.0192. The summed E-state index contributed by atoms with van der Waals surface area (Å²) in [6, 6.07) is 8.95. The predicted molar refractivity (Wildman–Crippen MR) is 96.0 cm³/mol. The predicted octanol–water partition coefficient (Wildman–Crippen LogP) is 5.97. The average molecular weight is 439 g/mol. The van der Waals surface area contributed by atoms with Gasteiger partial charge in [0.25, 0.3) is 5.69 Å². The molecule has 2 aromatic carbocycles. The molecule has 1 atom stereocenters. The van der Waals surface area contributed by atoms with Crippen molar-refractivity contribution in [3.05, 3.63) is 56.0 Å². The Morgan fingerprint density at radius 2 is 2.00 bits per heavy atom. The molecule has 2 aromatic rings. The SMILES string of the molecule is CCP(=O)(Cl)c1cc(Oc2ccc(Cl)cc2Br)ccc1[N+](=O)[O-]. The molecule has 0 saturated heterocycles. The number of nitro benzene ring substituents is 1. The molecule has 0 N–H and O–H groups in total. The Morgan fingerprint density at radius 3 is 2.57 bits per heavy atom. The van der Waals surface area contributed by atoms with Gasteiger partial charge in [0.15, 0.2) is 0 Å². The number of hydrogen-bond acceptors (Lipinski definition) is 4. The summed E-state index contributed by atoms with van der Waals surface area (Å²) < 4.78 is 18.7. The van der Waals surface area contributed by atoms with Gasteiger partial charge in [0.1, 0.15) is 16.8 Å². The highest BCUT2D eigenvalue weighted by Crippen LogP contribution is 2.52. The Hall–Kier alpha value is -1.07. The number of ether oxygens (including phenoxy) is 1. The lowest BCUT2D eigenvalue weighted by atomic mass is 10.3. The van der Waals surface area contributed by atoms with E-state index in [0.29, 0.717) is 21.0 Å². The van der Waals surface area contributed by atoms with E-state index in [-0.39, 0.29) is 17.2 Å². The first-order valence-corrected chi connectivity index (χ1v) is 10.4. The monoisotopic (exact) mass is 437 g/mol. The topological polar surface area (TPSA) is 69.4 Å². The normalized spacial score (nSPS) is 13.4. The van der Waals surface area contributed by atoms with Gasteiger partial charge < -0.3 is 9.30 Å². The molecule has 0 aliphatic rings. The second-order valence-corrected chi connectivity index (χ2v) is 9.90. The van der Waals surface area contributed by atoms with Crippen LogP contribution in [0.1, 0.15) is 6.92 Å². The third kappa shape index (κ3) is 4.27. The lowest BCUT2D eigenvalue weighted by molar-refractivity contribution is -0.383. The molecular weight excluding hydrogens is 428 g/mol. The number of nitro groups is 1. The van der Waals surface area contributed by atoms with Gasteiger partial charge in [-0.15, -0.1) is 0 Å². The molecule has 0 saturated carbocycles. The van der Waals surface area contributed by atoms with Gasteiger partial charge in [-0.25, -0.2) is 0 Å². The number of benzene rings is 2. The highest BCUT2D eigenvalue weighted by molar-refractivity contribution is 9.10. The fourth-order valence-corrected chi connectivity index (χ4v) is 4.17. The Labute approximate surface area is 151 Å². The number of halogens is 3. The molecule has 2 rings (SSSR count). The van der Waals surface area contributed by atoms with Gasteiger partial charge in [0, 0.05) is 17.3 Å². The van der Waals surface area contributed by atoms with E-state index < -0.39 is 11.4 Å². The molecule has 23 heavy (non-hydrogen) atoms. The molecule has 0 heterocycles. The molecule has 122 valence electrons. The molecule has 0 bridgehead atoms. The lowest BCUT2D eigenvalue weighted by Crippen LogP contribution is -2.10. The zero-order valence-electron chi connectivity index (χ0n) is 11.8. The first-order chi connectivity index (χ1) is 10.7. The first kappa shape index (κ1) is 18.3. The molecule has 0 fully saturated rings. The van der Waals surface area contributed by atoms with Gasteiger partial charge in [-0.3, -0.25) is 10.1 Å². The van der Waals surface area contributed by atoms with E-state index in [9.17, 15) is 14.7 Å². The van der Waals surface area contributed by atoms with Crippen molar-refractivity contribution >= 4 is 56.3 Å². The molecule has 0 aliphatic heterocycles. The fraction of sp³-hybridized carbons (Fsp3) is 0.143. The summed E-state index contributed by atoms with van der Waals surface area (Å²) in [6.45, 7) is -1.74. The van der Waals surface area contributed by atoms with Gasteiger partial charge in [0.05, 0.1) is 9.40 Å². The largest absolute Gasteiger partial charge is 0.456 e. The number of rotatable bonds is 5. The van der Waals surface area contributed by atoms with Crippen molar-refractivity contribution in [1.82, 2.24) is 0 Å². The van der Waals surface area contributed by atoms with E-state index in [4.69, 9.17) is 27.6 Å². The maximum atomic E-state index is 12.4. The minimum Gasteiger partial charge on any atom is -0.456 e. The van der Waals surface area contributed by atoms with E-state index >= 15 is 0 Å². The van der Waals surface area contributed by atoms with Crippen LogP contribution in [0.15, 0.2) is 40.9 Å². The lowest BCUT2D eigenvalue weighted by Gasteiger charge is -2.12. The highest BCUT2D eigenvalue weighted by Gasteiger charge is 2.29. The average Bonchev–Trinajstić information content (AvgIpc) is 2.49. The molecular formula is C14H11BrCl2NO4P. The number of hydrogen-bond donors (Lipinski definition) is 0. The van der Waals surface area contributed by atoms with Gasteiger partial charge in [-0.05, 0) is 57.5 Å². The van der Waals surface area contributed by atoms with Crippen LogP contribution in [-0.2, 0) is 4.57 Å².